The summed E-state index contributed by atoms with van der Waals surface area (Å²) in [6.45, 7) is 1.13. The van der Waals surface area contributed by atoms with E-state index in [1.54, 1.807) is 11.9 Å². The Labute approximate surface area is 205 Å². The van der Waals surface area contributed by atoms with Crippen molar-refractivity contribution < 1.29 is 14.4 Å². The zero-order chi connectivity index (χ0) is 24.6. The molecule has 2 amide bonds. The molecule has 1 aliphatic heterocycles. The third kappa shape index (κ3) is 5.48. The number of hydrogen-bond acceptors (Lipinski definition) is 5. The molecule has 182 valence electrons. The first-order chi connectivity index (χ1) is 17.1. The average Bonchev–Trinajstić information content (AvgIpc) is 3.29. The van der Waals surface area contributed by atoms with Gasteiger partial charge in [-0.3, -0.25) is 9.59 Å². The number of aldehydes is 1. The van der Waals surface area contributed by atoms with Gasteiger partial charge in [0.2, 0.25) is 11.8 Å². The van der Waals surface area contributed by atoms with E-state index in [1.807, 2.05) is 47.1 Å². The van der Waals surface area contributed by atoms with Crippen molar-refractivity contribution in [3.05, 3.63) is 54.1 Å². The molecule has 4 rings (SSSR count). The fraction of sp³-hybridized carbons (Fsp3) is 0.370. The monoisotopic (exact) mass is 473 g/mol. The van der Waals surface area contributed by atoms with Crippen LogP contribution in [-0.2, 0) is 27.5 Å². The molecule has 8 heteroatoms. The van der Waals surface area contributed by atoms with E-state index in [9.17, 15) is 14.4 Å². The summed E-state index contributed by atoms with van der Waals surface area (Å²) in [4.78, 5) is 37.3. The number of rotatable bonds is 10. The lowest BCUT2D eigenvalue weighted by Gasteiger charge is -2.28. The van der Waals surface area contributed by atoms with Crippen molar-refractivity contribution >= 4 is 23.8 Å². The Bertz CT molecular complexity index is 1200. The molecular weight excluding hydrogens is 442 g/mol. The normalized spacial score (nSPS) is 12.1. The number of carbonyl (C=O) groups is 3. The summed E-state index contributed by atoms with van der Waals surface area (Å²) in [7, 11) is 1.66. The largest absolute Gasteiger partial charge is 0.359 e. The van der Waals surface area contributed by atoms with Crippen LogP contribution in [0.4, 0.5) is 5.69 Å². The summed E-state index contributed by atoms with van der Waals surface area (Å²) in [5.41, 5.74) is 5.41. The number of hydrogen-bond donors (Lipinski definition) is 1. The Morgan fingerprint density at radius 3 is 2.54 bits per heavy atom. The topological polar surface area (TPSA) is 97.2 Å². The number of aryl methyl sites for hydroxylation is 1. The molecule has 2 aromatic carbocycles. The van der Waals surface area contributed by atoms with Gasteiger partial charge < -0.3 is 15.0 Å². The van der Waals surface area contributed by atoms with Gasteiger partial charge in [-0.1, -0.05) is 54.1 Å². The van der Waals surface area contributed by atoms with E-state index in [4.69, 9.17) is 0 Å². The number of carbonyl (C=O) groups excluding carboxylic acids is 3. The lowest BCUT2D eigenvalue weighted by atomic mass is 9.95. The Hall–Kier alpha value is -3.81. The lowest BCUT2D eigenvalue weighted by molar-refractivity contribution is -0.121. The van der Waals surface area contributed by atoms with Crippen molar-refractivity contribution in [1.29, 1.82) is 0 Å². The van der Waals surface area contributed by atoms with Gasteiger partial charge in [0.05, 0.1) is 17.9 Å². The van der Waals surface area contributed by atoms with Gasteiger partial charge in [-0.25, -0.2) is 4.68 Å². The van der Waals surface area contributed by atoms with E-state index in [-0.39, 0.29) is 11.8 Å². The second-order valence-electron chi connectivity index (χ2n) is 8.71. The molecule has 2 heterocycles. The number of anilines is 1. The van der Waals surface area contributed by atoms with Crippen LogP contribution in [0.15, 0.2) is 48.5 Å². The quantitative estimate of drug-likeness (QED) is 0.353. The molecule has 0 unspecified atom stereocenters. The van der Waals surface area contributed by atoms with Gasteiger partial charge in [0.1, 0.15) is 12.0 Å². The minimum Gasteiger partial charge on any atom is -0.359 e. The summed E-state index contributed by atoms with van der Waals surface area (Å²) < 4.78 is 1.95. The highest BCUT2D eigenvalue weighted by atomic mass is 16.2. The number of fused-ring (bicyclic) bond motifs is 5. The van der Waals surface area contributed by atoms with Crippen LogP contribution < -0.4 is 10.2 Å². The first kappa shape index (κ1) is 24.3. The van der Waals surface area contributed by atoms with Crippen LogP contribution in [0.5, 0.6) is 0 Å². The highest BCUT2D eigenvalue weighted by Crippen LogP contribution is 2.41. The molecule has 8 nitrogen and oxygen atoms in total. The molecule has 1 aromatic heterocycles. The van der Waals surface area contributed by atoms with Gasteiger partial charge in [0, 0.05) is 44.0 Å². The van der Waals surface area contributed by atoms with Gasteiger partial charge in [0.15, 0.2) is 0 Å². The molecule has 0 spiro atoms. The molecule has 35 heavy (non-hydrogen) atoms. The molecule has 0 atom stereocenters. The Balaban J connectivity index is 1.68. The van der Waals surface area contributed by atoms with Crippen molar-refractivity contribution in [2.45, 2.75) is 58.0 Å². The standard InChI is InChI=1S/C27H31N5O3/c1-28-24(34)15-3-2-9-17-32-27-21-12-5-4-11-20(21)19-31(25(35)16-8-10-18-33)23-14-7-6-13-22(23)26(27)29-30-32/h4-7,11-14,18H,2-3,8-10,15-17,19H2,1H3,(H,28,34). The fourth-order valence-corrected chi connectivity index (χ4v) is 4.51. The summed E-state index contributed by atoms with van der Waals surface area (Å²) in [6.07, 6.45) is 5.23. The third-order valence-electron chi connectivity index (χ3n) is 6.35. The van der Waals surface area contributed by atoms with Crippen LogP contribution in [-0.4, -0.2) is 40.1 Å². The number of nitrogens with one attached hydrogen (secondary N) is 1. The van der Waals surface area contributed by atoms with Crippen molar-refractivity contribution in [2.24, 2.45) is 0 Å². The Morgan fingerprint density at radius 1 is 0.971 bits per heavy atom. The number of aromatic nitrogens is 3. The van der Waals surface area contributed by atoms with Crippen LogP contribution in [0.25, 0.3) is 22.5 Å². The predicted octanol–water partition coefficient (Wildman–Crippen LogP) is 4.13. The van der Waals surface area contributed by atoms with Gasteiger partial charge in [-0.15, -0.1) is 5.10 Å². The second-order valence-corrected chi connectivity index (χ2v) is 8.71. The number of amides is 2. The first-order valence-corrected chi connectivity index (χ1v) is 12.2. The summed E-state index contributed by atoms with van der Waals surface area (Å²) in [6, 6.07) is 15.9. The highest BCUT2D eigenvalue weighted by Gasteiger charge is 2.28. The van der Waals surface area contributed by atoms with Crippen LogP contribution >= 0.6 is 0 Å². The van der Waals surface area contributed by atoms with Crippen LogP contribution in [0.2, 0.25) is 0 Å². The number of unbranched alkanes of at least 4 members (excludes halogenated alkanes) is 3. The van der Waals surface area contributed by atoms with Gasteiger partial charge in [-0.05, 0) is 30.9 Å². The number of nitrogens with zero attached hydrogens (tertiary/aromatic N) is 4. The first-order valence-electron chi connectivity index (χ1n) is 12.2. The van der Waals surface area contributed by atoms with E-state index in [1.165, 1.54) is 0 Å². The smallest absolute Gasteiger partial charge is 0.227 e. The van der Waals surface area contributed by atoms with Crippen molar-refractivity contribution in [3.8, 4) is 22.5 Å². The van der Waals surface area contributed by atoms with E-state index >= 15 is 0 Å². The van der Waals surface area contributed by atoms with Crippen LogP contribution in [0, 0.1) is 0 Å². The SMILES string of the molecule is CNC(=O)CCCCCn1nnc2c1-c1ccccc1CN(C(=O)CCCC=O)c1ccccc1-2. The van der Waals surface area contributed by atoms with Crippen molar-refractivity contribution in [1.82, 2.24) is 20.3 Å². The predicted molar refractivity (Wildman–Crippen MR) is 135 cm³/mol. The summed E-state index contributed by atoms with van der Waals surface area (Å²) in [5.74, 6) is 0.0488. The molecule has 1 aliphatic rings. The van der Waals surface area contributed by atoms with E-state index in [0.717, 1.165) is 59.3 Å². The second kappa shape index (κ2) is 11.6. The fourth-order valence-electron chi connectivity index (χ4n) is 4.51. The van der Waals surface area contributed by atoms with E-state index in [2.05, 4.69) is 21.7 Å². The zero-order valence-corrected chi connectivity index (χ0v) is 20.1. The van der Waals surface area contributed by atoms with Crippen LogP contribution in [0.3, 0.4) is 0 Å². The van der Waals surface area contributed by atoms with Crippen molar-refractivity contribution in [3.63, 3.8) is 0 Å². The maximum Gasteiger partial charge on any atom is 0.227 e. The Kier molecular flexibility index (Phi) is 8.03. The lowest BCUT2D eigenvalue weighted by Crippen LogP contribution is -2.31. The number of benzene rings is 2. The number of para-hydroxylation sites is 1. The maximum absolute atomic E-state index is 13.2. The molecule has 0 saturated carbocycles. The summed E-state index contributed by atoms with van der Waals surface area (Å²) >= 11 is 0. The van der Waals surface area contributed by atoms with E-state index < -0.39 is 0 Å². The Morgan fingerprint density at radius 2 is 1.74 bits per heavy atom. The molecule has 0 aliphatic carbocycles. The molecule has 1 N–H and O–H groups in total. The summed E-state index contributed by atoms with van der Waals surface area (Å²) in [5, 5.41) is 11.7. The third-order valence-corrected chi connectivity index (χ3v) is 6.35. The minimum atomic E-state index is -0.0129. The molecular formula is C27H31N5O3. The zero-order valence-electron chi connectivity index (χ0n) is 20.1. The highest BCUT2D eigenvalue weighted by molar-refractivity contribution is 6.00. The van der Waals surface area contributed by atoms with Gasteiger partial charge in [-0.2, -0.15) is 0 Å². The minimum absolute atomic E-state index is 0.0129. The molecule has 0 fully saturated rings. The van der Waals surface area contributed by atoms with Crippen LogP contribution in [0.1, 0.15) is 50.5 Å². The van der Waals surface area contributed by atoms with E-state index in [0.29, 0.717) is 38.8 Å². The van der Waals surface area contributed by atoms with Gasteiger partial charge in [0.25, 0.3) is 0 Å². The average molecular weight is 474 g/mol. The molecule has 0 saturated heterocycles. The van der Waals surface area contributed by atoms with Crippen molar-refractivity contribution in [2.75, 3.05) is 11.9 Å². The molecule has 0 radical (unpaired) electrons. The maximum atomic E-state index is 13.2. The van der Waals surface area contributed by atoms with Gasteiger partial charge >= 0.3 is 0 Å². The molecule has 0 bridgehead atoms. The molecule has 3 aromatic rings.